The topological polar surface area (TPSA) is 101 Å². The summed E-state index contributed by atoms with van der Waals surface area (Å²) in [6.45, 7) is 5.98. The van der Waals surface area contributed by atoms with E-state index < -0.39 is 5.97 Å². The van der Waals surface area contributed by atoms with E-state index in [9.17, 15) is 14.7 Å². The number of benzene rings is 1. The average Bonchev–Trinajstić information content (AvgIpc) is 3.49. The Morgan fingerprint density at radius 3 is 2.42 bits per heavy atom. The van der Waals surface area contributed by atoms with Crippen LogP contribution in [0.5, 0.6) is 0 Å². The molecule has 8 nitrogen and oxygen atoms in total. The second-order valence-electron chi connectivity index (χ2n) is 9.92. The fourth-order valence-corrected chi connectivity index (χ4v) is 4.93. The molecule has 0 saturated heterocycles. The Bertz CT molecular complexity index is 1360. The van der Waals surface area contributed by atoms with Crippen molar-refractivity contribution in [3.63, 3.8) is 0 Å². The summed E-state index contributed by atoms with van der Waals surface area (Å²) in [7, 11) is 0. The molecular weight excluding hydrogens is 456 g/mol. The lowest BCUT2D eigenvalue weighted by Gasteiger charge is -2.32. The van der Waals surface area contributed by atoms with Crippen molar-refractivity contribution < 1.29 is 19.1 Å². The first-order valence-electron chi connectivity index (χ1n) is 12.4. The predicted molar refractivity (Wildman–Crippen MR) is 137 cm³/mol. The van der Waals surface area contributed by atoms with E-state index in [0.29, 0.717) is 11.7 Å². The zero-order chi connectivity index (χ0) is 25.4. The number of aromatic carboxylic acids is 1. The third kappa shape index (κ3) is 4.51. The zero-order valence-electron chi connectivity index (χ0n) is 20.7. The minimum Gasteiger partial charge on any atom is -0.477 e. The van der Waals surface area contributed by atoms with Crippen LogP contribution in [0.15, 0.2) is 59.3 Å². The maximum Gasteiger partial charge on any atom is 0.341 e. The number of furan rings is 1. The quantitative estimate of drug-likeness (QED) is 0.363. The van der Waals surface area contributed by atoms with Crippen LogP contribution in [0.25, 0.3) is 28.2 Å². The Balaban J connectivity index is 1.46. The third-order valence-corrected chi connectivity index (χ3v) is 6.98. The van der Waals surface area contributed by atoms with Crippen LogP contribution in [-0.4, -0.2) is 37.6 Å². The molecule has 0 unspecified atom stereocenters. The van der Waals surface area contributed by atoms with Crippen LogP contribution in [-0.2, 0) is 4.79 Å². The van der Waals surface area contributed by atoms with Crippen molar-refractivity contribution in [1.29, 1.82) is 0 Å². The molecule has 1 fully saturated rings. The lowest BCUT2D eigenvalue weighted by molar-refractivity contribution is -0.124. The molecule has 1 saturated carbocycles. The summed E-state index contributed by atoms with van der Waals surface area (Å²) in [5, 5.41) is 14.5. The van der Waals surface area contributed by atoms with E-state index in [1.165, 1.54) is 11.0 Å². The van der Waals surface area contributed by atoms with Gasteiger partial charge < -0.3 is 9.52 Å². The van der Waals surface area contributed by atoms with Gasteiger partial charge in [0, 0.05) is 47.6 Å². The van der Waals surface area contributed by atoms with Crippen LogP contribution < -0.4 is 4.90 Å². The van der Waals surface area contributed by atoms with E-state index in [4.69, 9.17) is 4.42 Å². The molecule has 0 radical (unpaired) electrons. The molecule has 3 heterocycles. The summed E-state index contributed by atoms with van der Waals surface area (Å²) in [5.41, 5.74) is 3.15. The zero-order valence-corrected chi connectivity index (χ0v) is 20.7. The third-order valence-electron chi connectivity index (χ3n) is 6.98. The average molecular weight is 487 g/mol. The fraction of sp³-hybridized carbons (Fsp3) is 0.357. The fourth-order valence-electron chi connectivity index (χ4n) is 4.93. The summed E-state index contributed by atoms with van der Waals surface area (Å²) in [6, 6.07) is 12.5. The van der Waals surface area contributed by atoms with E-state index in [1.54, 1.807) is 10.7 Å². The van der Waals surface area contributed by atoms with Gasteiger partial charge in [-0.3, -0.25) is 9.69 Å². The van der Waals surface area contributed by atoms with E-state index in [-0.39, 0.29) is 29.3 Å². The molecule has 1 N–H and O–H groups in total. The second-order valence-corrected chi connectivity index (χ2v) is 9.92. The smallest absolute Gasteiger partial charge is 0.341 e. The number of nitrogens with zero attached hydrogens (tertiary/aromatic N) is 4. The molecule has 1 aromatic carbocycles. The van der Waals surface area contributed by atoms with Gasteiger partial charge in [-0.25, -0.2) is 14.3 Å². The largest absolute Gasteiger partial charge is 0.477 e. The Morgan fingerprint density at radius 2 is 1.78 bits per heavy atom. The summed E-state index contributed by atoms with van der Waals surface area (Å²) in [4.78, 5) is 31.5. The highest BCUT2D eigenvalue weighted by molar-refractivity contribution is 6.02. The minimum absolute atomic E-state index is 0.00766. The van der Waals surface area contributed by atoms with E-state index in [1.807, 2.05) is 56.4 Å². The maximum atomic E-state index is 13.5. The van der Waals surface area contributed by atoms with Crippen LogP contribution >= 0.6 is 0 Å². The molecule has 0 spiro atoms. The number of carboxylic acid groups (broad SMARTS) is 1. The molecule has 1 aliphatic carbocycles. The molecule has 0 bridgehead atoms. The molecule has 0 atom stereocenters. The highest BCUT2D eigenvalue weighted by atomic mass is 16.4. The van der Waals surface area contributed by atoms with Gasteiger partial charge in [-0.2, -0.15) is 5.10 Å². The standard InChI is InChI=1S/C28H30N4O4/c1-17(2)32(26(33)21-7-5-18(3)6-8-21)27-22(28(34)35)15-24(36-27)20-11-9-19(10-12-20)23-16-25-29-13-4-14-31(25)30-23/h4,9-18,21H,5-8H2,1-3H3,(H,34,35). The summed E-state index contributed by atoms with van der Waals surface area (Å²) in [6.07, 6.45) is 7.21. The van der Waals surface area contributed by atoms with Crippen molar-refractivity contribution in [2.24, 2.45) is 11.8 Å². The van der Waals surface area contributed by atoms with Crippen LogP contribution in [0.2, 0.25) is 0 Å². The number of fused-ring (bicyclic) bond motifs is 1. The first kappa shape index (κ1) is 23.8. The number of hydrogen-bond acceptors (Lipinski definition) is 5. The molecule has 8 heteroatoms. The SMILES string of the molecule is CC1CCC(C(=O)N(c2oc(-c3ccc(-c4cc5ncccn5n4)cc3)cc2C(=O)O)C(C)C)CC1. The number of amides is 1. The van der Waals surface area contributed by atoms with Crippen molar-refractivity contribution in [2.45, 2.75) is 52.5 Å². The Hall–Kier alpha value is -3.94. The second kappa shape index (κ2) is 9.60. The maximum absolute atomic E-state index is 13.5. The lowest BCUT2D eigenvalue weighted by atomic mass is 9.82. The van der Waals surface area contributed by atoms with Gasteiger partial charge in [-0.05, 0) is 51.5 Å². The molecular formula is C28H30N4O4. The monoisotopic (exact) mass is 486 g/mol. The Labute approximate surface area is 209 Å². The number of carboxylic acids is 1. The molecule has 4 aromatic rings. The van der Waals surface area contributed by atoms with Crippen molar-refractivity contribution in [1.82, 2.24) is 14.6 Å². The highest BCUT2D eigenvalue weighted by Crippen LogP contribution is 2.37. The number of carbonyl (C=O) groups is 2. The molecule has 186 valence electrons. The van der Waals surface area contributed by atoms with Crippen molar-refractivity contribution in [3.8, 4) is 22.6 Å². The molecule has 36 heavy (non-hydrogen) atoms. The normalized spacial score (nSPS) is 18.0. The molecule has 3 aromatic heterocycles. The Morgan fingerprint density at radius 1 is 1.08 bits per heavy atom. The van der Waals surface area contributed by atoms with Crippen molar-refractivity contribution >= 4 is 23.4 Å². The number of carbonyl (C=O) groups excluding carboxylic acids is 1. The van der Waals surface area contributed by atoms with Gasteiger partial charge >= 0.3 is 5.97 Å². The predicted octanol–water partition coefficient (Wildman–Crippen LogP) is 5.92. The summed E-state index contributed by atoms with van der Waals surface area (Å²) in [5.74, 6) is -0.169. The van der Waals surface area contributed by atoms with Gasteiger partial charge in [-0.1, -0.05) is 31.2 Å². The summed E-state index contributed by atoms with van der Waals surface area (Å²) < 4.78 is 7.82. The van der Waals surface area contributed by atoms with Gasteiger partial charge in [0.05, 0.1) is 5.69 Å². The van der Waals surface area contributed by atoms with Gasteiger partial charge in [0.15, 0.2) is 5.65 Å². The number of hydrogen-bond donors (Lipinski definition) is 1. The molecule has 1 amide bonds. The van der Waals surface area contributed by atoms with Crippen molar-refractivity contribution in [3.05, 3.63) is 60.4 Å². The van der Waals surface area contributed by atoms with Gasteiger partial charge in [0.25, 0.3) is 0 Å². The van der Waals surface area contributed by atoms with Crippen LogP contribution in [0.3, 0.4) is 0 Å². The number of rotatable bonds is 6. The van der Waals surface area contributed by atoms with Gasteiger partial charge in [0.1, 0.15) is 11.3 Å². The Kier molecular flexibility index (Phi) is 6.35. The van der Waals surface area contributed by atoms with E-state index >= 15 is 0 Å². The number of anilines is 1. The minimum atomic E-state index is -1.12. The van der Waals surface area contributed by atoms with Crippen molar-refractivity contribution in [2.75, 3.05) is 4.90 Å². The van der Waals surface area contributed by atoms with Gasteiger partial charge in [-0.15, -0.1) is 0 Å². The number of aromatic nitrogens is 3. The summed E-state index contributed by atoms with van der Waals surface area (Å²) >= 11 is 0. The lowest BCUT2D eigenvalue weighted by Crippen LogP contribution is -2.42. The molecule has 1 aliphatic rings. The van der Waals surface area contributed by atoms with Crippen LogP contribution in [0, 0.1) is 11.8 Å². The van der Waals surface area contributed by atoms with Gasteiger partial charge in [0.2, 0.25) is 11.8 Å². The highest BCUT2D eigenvalue weighted by Gasteiger charge is 2.34. The first-order chi connectivity index (χ1) is 17.3. The van der Waals surface area contributed by atoms with E-state index in [0.717, 1.165) is 48.2 Å². The van der Waals surface area contributed by atoms with E-state index in [2.05, 4.69) is 17.0 Å². The first-order valence-corrected chi connectivity index (χ1v) is 12.4. The van der Waals surface area contributed by atoms with Crippen LogP contribution in [0.4, 0.5) is 5.88 Å². The van der Waals surface area contributed by atoms with Crippen LogP contribution in [0.1, 0.15) is 56.8 Å². The molecule has 0 aliphatic heterocycles. The molecule has 5 rings (SSSR count).